The smallest absolute Gasteiger partial charge is 0.212 e. The topological polar surface area (TPSA) is 58.2 Å². The van der Waals surface area contributed by atoms with Gasteiger partial charge in [0.15, 0.2) is 0 Å². The van der Waals surface area contributed by atoms with Gasteiger partial charge in [0.1, 0.15) is 0 Å². The van der Waals surface area contributed by atoms with Crippen LogP contribution in [0.1, 0.15) is 26.2 Å². The van der Waals surface area contributed by atoms with Crippen LogP contribution < -0.4 is 10.0 Å². The second-order valence-corrected chi connectivity index (χ2v) is 5.74. The van der Waals surface area contributed by atoms with Crippen LogP contribution in [0.5, 0.6) is 0 Å². The summed E-state index contributed by atoms with van der Waals surface area (Å²) in [5.74, 6) is 0.977. The highest BCUT2D eigenvalue weighted by Crippen LogP contribution is 2.24. The molecule has 0 aromatic heterocycles. The summed E-state index contributed by atoms with van der Waals surface area (Å²) in [5, 5.41) is 3.18. The van der Waals surface area contributed by atoms with Crippen LogP contribution in [0.15, 0.2) is 0 Å². The molecule has 5 heteroatoms. The average Bonchev–Trinajstić information content (AvgIpc) is 2.00. The van der Waals surface area contributed by atoms with Crippen LogP contribution in [0.2, 0.25) is 0 Å². The van der Waals surface area contributed by atoms with E-state index in [1.165, 1.54) is 19.3 Å². The highest BCUT2D eigenvalue weighted by atomic mass is 32.2. The van der Waals surface area contributed by atoms with E-state index in [0.29, 0.717) is 13.1 Å². The third-order valence-electron chi connectivity index (χ3n) is 2.57. The van der Waals surface area contributed by atoms with Crippen LogP contribution >= 0.6 is 0 Å². The molecule has 0 aromatic carbocycles. The van der Waals surface area contributed by atoms with Crippen molar-refractivity contribution in [2.45, 2.75) is 26.2 Å². The molecule has 0 saturated heterocycles. The highest BCUT2D eigenvalue weighted by Gasteiger charge is 2.16. The van der Waals surface area contributed by atoms with E-state index < -0.39 is 10.0 Å². The summed E-state index contributed by atoms with van der Waals surface area (Å²) >= 11 is 0. The zero-order valence-electron chi connectivity index (χ0n) is 8.75. The number of rotatable bonds is 7. The van der Waals surface area contributed by atoms with E-state index >= 15 is 0 Å². The van der Waals surface area contributed by atoms with Crippen molar-refractivity contribution in [3.8, 4) is 0 Å². The molecule has 1 rings (SSSR count). The minimum atomic E-state index is -3.03. The van der Waals surface area contributed by atoms with Crippen molar-refractivity contribution in [1.29, 1.82) is 0 Å². The van der Waals surface area contributed by atoms with Crippen molar-refractivity contribution in [1.82, 2.24) is 10.0 Å². The summed E-state index contributed by atoms with van der Waals surface area (Å²) < 4.78 is 24.9. The molecule has 0 bridgehead atoms. The van der Waals surface area contributed by atoms with Gasteiger partial charge in [-0.05, 0) is 25.3 Å². The van der Waals surface area contributed by atoms with Crippen LogP contribution in [0.25, 0.3) is 0 Å². The molecular weight excluding hydrogens is 200 g/mol. The molecule has 0 spiro atoms. The highest BCUT2D eigenvalue weighted by molar-refractivity contribution is 7.89. The second kappa shape index (κ2) is 5.68. The Kier molecular flexibility index (Phi) is 4.84. The Morgan fingerprint density at radius 3 is 2.57 bits per heavy atom. The molecule has 0 unspecified atom stereocenters. The molecule has 84 valence electrons. The zero-order chi connectivity index (χ0) is 10.4. The van der Waals surface area contributed by atoms with E-state index in [1.54, 1.807) is 6.92 Å². The van der Waals surface area contributed by atoms with Gasteiger partial charge in [0.25, 0.3) is 0 Å². The lowest BCUT2D eigenvalue weighted by Gasteiger charge is -2.25. The Morgan fingerprint density at radius 2 is 2.07 bits per heavy atom. The predicted octanol–water partition coefficient (Wildman–Crippen LogP) is 0.315. The Bertz CT molecular complexity index is 248. The van der Waals surface area contributed by atoms with E-state index in [0.717, 1.165) is 12.5 Å². The first-order valence-corrected chi connectivity index (χ1v) is 6.97. The van der Waals surface area contributed by atoms with Gasteiger partial charge in [-0.3, -0.25) is 0 Å². The minimum Gasteiger partial charge on any atom is -0.315 e. The quantitative estimate of drug-likeness (QED) is 0.607. The average molecular weight is 220 g/mol. The maximum atomic E-state index is 11.2. The summed E-state index contributed by atoms with van der Waals surface area (Å²) in [6.45, 7) is 3.80. The van der Waals surface area contributed by atoms with Gasteiger partial charge in [0.2, 0.25) is 10.0 Å². The van der Waals surface area contributed by atoms with Gasteiger partial charge in [-0.15, -0.1) is 0 Å². The third kappa shape index (κ3) is 4.39. The fourth-order valence-corrected chi connectivity index (χ4v) is 2.50. The molecule has 1 fully saturated rings. The van der Waals surface area contributed by atoms with Gasteiger partial charge < -0.3 is 5.32 Å². The van der Waals surface area contributed by atoms with Gasteiger partial charge >= 0.3 is 0 Å². The molecule has 1 aliphatic rings. The van der Waals surface area contributed by atoms with Gasteiger partial charge in [-0.1, -0.05) is 13.3 Å². The second-order valence-electron chi connectivity index (χ2n) is 3.82. The molecule has 0 amide bonds. The summed E-state index contributed by atoms with van der Waals surface area (Å²) in [5.41, 5.74) is 0. The van der Waals surface area contributed by atoms with Crippen molar-refractivity contribution >= 4 is 10.0 Å². The molecule has 14 heavy (non-hydrogen) atoms. The van der Waals surface area contributed by atoms with Crippen molar-refractivity contribution in [2.24, 2.45) is 5.92 Å². The fraction of sp³-hybridized carbons (Fsp3) is 1.00. The standard InChI is InChI=1S/C9H20N2O2S/c1-2-11-14(12,13)7-6-10-8-9-4-3-5-9/h9-11H,2-8H2,1H3. The maximum absolute atomic E-state index is 11.2. The van der Waals surface area contributed by atoms with Crippen LogP contribution in [-0.4, -0.2) is 33.8 Å². The lowest BCUT2D eigenvalue weighted by atomic mass is 9.85. The van der Waals surface area contributed by atoms with Gasteiger partial charge in [0.05, 0.1) is 5.75 Å². The summed E-state index contributed by atoms with van der Waals surface area (Å²) in [6.07, 6.45) is 3.93. The van der Waals surface area contributed by atoms with Gasteiger partial charge in [0, 0.05) is 13.1 Å². The van der Waals surface area contributed by atoms with E-state index in [1.807, 2.05) is 0 Å². The lowest BCUT2D eigenvalue weighted by molar-refractivity contribution is 0.304. The summed E-state index contributed by atoms with van der Waals surface area (Å²) in [7, 11) is -3.03. The van der Waals surface area contributed by atoms with Crippen molar-refractivity contribution in [3.63, 3.8) is 0 Å². The van der Waals surface area contributed by atoms with Crippen LogP contribution in [0.3, 0.4) is 0 Å². The number of hydrogen-bond donors (Lipinski definition) is 2. The Labute approximate surface area is 86.5 Å². The summed E-state index contributed by atoms with van der Waals surface area (Å²) in [4.78, 5) is 0. The molecule has 0 heterocycles. The number of nitrogens with one attached hydrogen (secondary N) is 2. The molecule has 4 nitrogen and oxygen atoms in total. The van der Waals surface area contributed by atoms with E-state index in [4.69, 9.17) is 0 Å². The van der Waals surface area contributed by atoms with E-state index in [2.05, 4.69) is 10.0 Å². The largest absolute Gasteiger partial charge is 0.315 e. The van der Waals surface area contributed by atoms with Crippen molar-refractivity contribution in [3.05, 3.63) is 0 Å². The van der Waals surface area contributed by atoms with Crippen LogP contribution in [0, 0.1) is 5.92 Å². The van der Waals surface area contributed by atoms with Crippen LogP contribution in [-0.2, 0) is 10.0 Å². The normalized spacial score (nSPS) is 18.1. The summed E-state index contributed by atoms with van der Waals surface area (Å²) in [6, 6.07) is 0. The Hall–Kier alpha value is -0.130. The monoisotopic (exact) mass is 220 g/mol. The number of sulfonamides is 1. The Balaban J connectivity index is 2.02. The molecule has 0 atom stereocenters. The lowest BCUT2D eigenvalue weighted by Crippen LogP contribution is -2.34. The fourth-order valence-electron chi connectivity index (χ4n) is 1.50. The van der Waals surface area contributed by atoms with Gasteiger partial charge in [-0.2, -0.15) is 0 Å². The SMILES string of the molecule is CCNS(=O)(=O)CCNCC1CCC1. The van der Waals surface area contributed by atoms with E-state index in [9.17, 15) is 8.42 Å². The van der Waals surface area contributed by atoms with Gasteiger partial charge in [-0.25, -0.2) is 13.1 Å². The first kappa shape index (κ1) is 11.9. The predicted molar refractivity (Wildman–Crippen MR) is 57.7 cm³/mol. The maximum Gasteiger partial charge on any atom is 0.212 e. The molecular formula is C9H20N2O2S. The first-order valence-electron chi connectivity index (χ1n) is 5.32. The van der Waals surface area contributed by atoms with Crippen LogP contribution in [0.4, 0.5) is 0 Å². The molecule has 0 aliphatic heterocycles. The molecule has 1 aliphatic carbocycles. The minimum absolute atomic E-state index is 0.188. The molecule has 2 N–H and O–H groups in total. The third-order valence-corrected chi connectivity index (χ3v) is 4.04. The van der Waals surface area contributed by atoms with Crippen molar-refractivity contribution in [2.75, 3.05) is 25.4 Å². The molecule has 0 radical (unpaired) electrons. The molecule has 0 aromatic rings. The Morgan fingerprint density at radius 1 is 1.36 bits per heavy atom. The first-order chi connectivity index (χ1) is 6.64. The molecule has 1 saturated carbocycles. The number of hydrogen-bond acceptors (Lipinski definition) is 3. The zero-order valence-corrected chi connectivity index (χ0v) is 9.57. The van der Waals surface area contributed by atoms with E-state index in [-0.39, 0.29) is 5.75 Å². The van der Waals surface area contributed by atoms with Crippen molar-refractivity contribution < 1.29 is 8.42 Å².